The molecule has 9 heteroatoms. The first kappa shape index (κ1) is 65.0. The first-order valence-electron chi connectivity index (χ1n) is 28.7. The van der Waals surface area contributed by atoms with Crippen LogP contribution in [-0.2, 0) is 18.4 Å². The fraction of sp³-hybridized carbons (Fsp3) is 0.912. The van der Waals surface area contributed by atoms with Crippen molar-refractivity contribution in [1.82, 2.24) is 5.32 Å². The Balaban J connectivity index is 3.73. The molecule has 3 atom stereocenters. The van der Waals surface area contributed by atoms with Gasteiger partial charge in [0, 0.05) is 6.42 Å². The lowest BCUT2D eigenvalue weighted by atomic mass is 10.0. The van der Waals surface area contributed by atoms with Gasteiger partial charge in [-0.15, -0.1) is 0 Å². The number of nitrogens with zero attached hydrogens (tertiary/aromatic N) is 1. The van der Waals surface area contributed by atoms with Crippen molar-refractivity contribution >= 4 is 13.7 Å². The van der Waals surface area contributed by atoms with Gasteiger partial charge in [0.25, 0.3) is 0 Å². The molecular formula is C57H114N2O6P+. The van der Waals surface area contributed by atoms with Crippen LogP contribution in [0, 0.1) is 0 Å². The third kappa shape index (κ3) is 50.8. The Morgan fingerprint density at radius 1 is 0.500 bits per heavy atom. The average Bonchev–Trinajstić information content (AvgIpc) is 3.28. The molecule has 0 rings (SSSR count). The van der Waals surface area contributed by atoms with Crippen LogP contribution >= 0.6 is 7.82 Å². The molecule has 3 N–H and O–H groups in total. The van der Waals surface area contributed by atoms with Crippen molar-refractivity contribution < 1.29 is 32.9 Å². The van der Waals surface area contributed by atoms with Gasteiger partial charge in [0.1, 0.15) is 13.2 Å². The Kier molecular flexibility index (Phi) is 48.2. The van der Waals surface area contributed by atoms with Crippen LogP contribution in [0.15, 0.2) is 24.3 Å². The van der Waals surface area contributed by atoms with Gasteiger partial charge in [0.05, 0.1) is 39.9 Å². The first-order chi connectivity index (χ1) is 32.0. The molecule has 0 saturated heterocycles. The summed E-state index contributed by atoms with van der Waals surface area (Å²) in [6.07, 6.45) is 62.2. The molecule has 1 amide bonds. The summed E-state index contributed by atoms with van der Waals surface area (Å²) in [5.74, 6) is -0.187. The Hall–Kier alpha value is -1.02. The zero-order valence-corrected chi connectivity index (χ0v) is 45.6. The van der Waals surface area contributed by atoms with Gasteiger partial charge in [-0.2, -0.15) is 0 Å². The Morgan fingerprint density at radius 3 is 1.18 bits per heavy atom. The second-order valence-electron chi connectivity index (χ2n) is 21.0. The summed E-state index contributed by atoms with van der Waals surface area (Å²) in [5, 5.41) is 13.7. The largest absolute Gasteiger partial charge is 0.472 e. The molecule has 3 unspecified atom stereocenters. The summed E-state index contributed by atoms with van der Waals surface area (Å²) >= 11 is 0. The highest BCUT2D eigenvalue weighted by Gasteiger charge is 2.27. The molecule has 8 nitrogen and oxygen atoms in total. The van der Waals surface area contributed by atoms with Gasteiger partial charge < -0.3 is 19.8 Å². The number of aliphatic hydroxyl groups excluding tert-OH is 1. The van der Waals surface area contributed by atoms with E-state index in [1.54, 1.807) is 6.08 Å². The molecule has 0 aliphatic rings. The van der Waals surface area contributed by atoms with Gasteiger partial charge in [-0.3, -0.25) is 13.8 Å². The van der Waals surface area contributed by atoms with Gasteiger partial charge in [-0.05, 0) is 25.7 Å². The smallest absolute Gasteiger partial charge is 0.387 e. The van der Waals surface area contributed by atoms with Crippen molar-refractivity contribution in [3.05, 3.63) is 24.3 Å². The molecule has 0 radical (unpaired) electrons. The molecule has 66 heavy (non-hydrogen) atoms. The number of unbranched alkanes of at least 4 members (excludes halogenated alkanes) is 38. The number of carbonyl (C=O) groups is 1. The van der Waals surface area contributed by atoms with Crippen molar-refractivity contribution in [3.63, 3.8) is 0 Å². The number of phosphoric ester groups is 1. The Labute approximate surface area is 411 Å². The van der Waals surface area contributed by atoms with E-state index in [4.69, 9.17) is 9.05 Å². The number of aliphatic hydroxyl groups is 1. The van der Waals surface area contributed by atoms with E-state index in [1.165, 1.54) is 218 Å². The fourth-order valence-electron chi connectivity index (χ4n) is 8.66. The van der Waals surface area contributed by atoms with Crippen molar-refractivity contribution in [3.8, 4) is 0 Å². The quantitative estimate of drug-likeness (QED) is 0.0243. The van der Waals surface area contributed by atoms with Crippen molar-refractivity contribution in [2.24, 2.45) is 0 Å². The van der Waals surface area contributed by atoms with Crippen LogP contribution in [0.1, 0.15) is 284 Å². The Bertz CT molecular complexity index is 1130. The van der Waals surface area contributed by atoms with E-state index < -0.39 is 20.0 Å². The second kappa shape index (κ2) is 49.0. The zero-order valence-electron chi connectivity index (χ0n) is 44.7. The van der Waals surface area contributed by atoms with E-state index in [9.17, 15) is 19.4 Å². The van der Waals surface area contributed by atoms with Crippen LogP contribution in [0.25, 0.3) is 0 Å². The summed E-state index contributed by atoms with van der Waals surface area (Å²) in [7, 11) is 1.56. The van der Waals surface area contributed by atoms with Crippen molar-refractivity contribution in [2.45, 2.75) is 296 Å². The number of rotatable bonds is 53. The van der Waals surface area contributed by atoms with Crippen molar-refractivity contribution in [2.75, 3.05) is 40.9 Å². The summed E-state index contributed by atoms with van der Waals surface area (Å²) in [5.41, 5.74) is 0. The van der Waals surface area contributed by atoms with E-state index in [-0.39, 0.29) is 19.1 Å². The monoisotopic (exact) mass is 954 g/mol. The maximum absolute atomic E-state index is 12.9. The maximum atomic E-state index is 12.9. The van der Waals surface area contributed by atoms with Gasteiger partial charge in [0.15, 0.2) is 0 Å². The molecule has 0 heterocycles. The van der Waals surface area contributed by atoms with Gasteiger partial charge in [-0.25, -0.2) is 4.57 Å². The summed E-state index contributed by atoms with van der Waals surface area (Å²) in [6.45, 7) is 4.71. The van der Waals surface area contributed by atoms with E-state index in [0.29, 0.717) is 17.4 Å². The van der Waals surface area contributed by atoms with Crippen molar-refractivity contribution in [1.29, 1.82) is 0 Å². The van der Waals surface area contributed by atoms with Gasteiger partial charge in [-0.1, -0.05) is 276 Å². The molecule has 0 aromatic heterocycles. The average molecular weight is 955 g/mol. The number of nitrogens with one attached hydrogen (secondary N) is 1. The fourth-order valence-corrected chi connectivity index (χ4v) is 9.39. The van der Waals surface area contributed by atoms with Crippen LogP contribution in [0.3, 0.4) is 0 Å². The van der Waals surface area contributed by atoms with Crippen LogP contribution < -0.4 is 5.32 Å². The summed E-state index contributed by atoms with van der Waals surface area (Å²) in [4.78, 5) is 23.1. The SMILES string of the molecule is CCC/C=C/CC/C=C/C(O)C(COP(=O)(O)OCC[N+](C)(C)C)NC(=O)CCCCCCCCCCCCCCCCCCCCCCCCCCCCCCCCCCCCCCC. The van der Waals surface area contributed by atoms with Crippen LogP contribution in [0.4, 0.5) is 0 Å². The number of hydrogen-bond donors (Lipinski definition) is 3. The minimum atomic E-state index is -4.34. The predicted molar refractivity (Wildman–Crippen MR) is 286 cm³/mol. The number of hydrogen-bond acceptors (Lipinski definition) is 5. The van der Waals surface area contributed by atoms with Crippen LogP contribution in [0.5, 0.6) is 0 Å². The molecule has 0 saturated carbocycles. The number of carbonyl (C=O) groups excluding carboxylic acids is 1. The van der Waals surface area contributed by atoms with E-state index in [0.717, 1.165) is 44.9 Å². The second-order valence-corrected chi connectivity index (χ2v) is 22.5. The molecule has 0 aromatic rings. The molecule has 0 aliphatic heterocycles. The number of phosphoric acid groups is 1. The van der Waals surface area contributed by atoms with E-state index in [2.05, 4.69) is 31.3 Å². The number of amides is 1. The highest BCUT2D eigenvalue weighted by atomic mass is 31.2. The standard InChI is InChI=1S/C57H113N2O6P/c1-6-8-10-12-14-15-16-17-18-19-20-21-22-23-24-25-26-27-28-29-30-31-32-33-34-35-36-37-38-39-40-41-42-43-45-47-49-51-57(61)58-55(56(60)50-48-46-44-13-11-9-7-2)54-65-66(62,63)64-53-52-59(3,4)5/h11,13,48,50,55-56,60H,6-10,12,14-47,49,51-54H2,1-5H3,(H-,58,61,62,63)/p+1/b13-11+,50-48+. The third-order valence-corrected chi connectivity index (χ3v) is 14.1. The Morgan fingerprint density at radius 2 is 0.833 bits per heavy atom. The maximum Gasteiger partial charge on any atom is 0.472 e. The summed E-state index contributed by atoms with van der Waals surface area (Å²) in [6, 6.07) is -0.857. The van der Waals surface area contributed by atoms with E-state index in [1.807, 2.05) is 27.2 Å². The lowest BCUT2D eigenvalue weighted by Crippen LogP contribution is -2.45. The number of allylic oxidation sites excluding steroid dienone is 3. The normalized spacial score (nSPS) is 14.1. The zero-order chi connectivity index (χ0) is 48.5. The van der Waals surface area contributed by atoms with Crippen LogP contribution in [-0.4, -0.2) is 73.4 Å². The topological polar surface area (TPSA) is 105 Å². The minimum absolute atomic E-state index is 0.0576. The molecule has 392 valence electrons. The minimum Gasteiger partial charge on any atom is -0.387 e. The van der Waals surface area contributed by atoms with Gasteiger partial charge in [0.2, 0.25) is 5.91 Å². The lowest BCUT2D eigenvalue weighted by Gasteiger charge is -2.25. The van der Waals surface area contributed by atoms with E-state index >= 15 is 0 Å². The molecular weight excluding hydrogens is 840 g/mol. The molecule has 0 bridgehead atoms. The summed E-state index contributed by atoms with van der Waals surface area (Å²) < 4.78 is 23.5. The number of likely N-dealkylation sites (N-methyl/N-ethyl adjacent to an activating group) is 1. The van der Waals surface area contributed by atoms with Gasteiger partial charge >= 0.3 is 7.82 Å². The molecule has 0 aliphatic carbocycles. The molecule has 0 spiro atoms. The molecule has 0 fully saturated rings. The first-order valence-corrected chi connectivity index (χ1v) is 30.2. The third-order valence-electron chi connectivity index (χ3n) is 13.2. The highest BCUT2D eigenvalue weighted by molar-refractivity contribution is 7.47. The number of quaternary nitrogens is 1. The van der Waals surface area contributed by atoms with Crippen LogP contribution in [0.2, 0.25) is 0 Å². The highest BCUT2D eigenvalue weighted by Crippen LogP contribution is 2.43. The predicted octanol–water partition coefficient (Wildman–Crippen LogP) is 17.2. The molecule has 0 aromatic carbocycles. The lowest BCUT2D eigenvalue weighted by molar-refractivity contribution is -0.870.